The fourth-order valence-corrected chi connectivity index (χ4v) is 6.26. The molecule has 0 bridgehead atoms. The largest absolute Gasteiger partial charge is 0.378 e. The van der Waals surface area contributed by atoms with Gasteiger partial charge in [-0.25, -0.2) is 0 Å². The zero-order valence-corrected chi connectivity index (χ0v) is 20.5. The number of fused-ring (bicyclic) bond motifs is 1. The predicted octanol–water partition coefficient (Wildman–Crippen LogP) is 5.59. The van der Waals surface area contributed by atoms with Gasteiger partial charge >= 0.3 is 0 Å². The molecule has 1 aliphatic heterocycles. The van der Waals surface area contributed by atoms with Crippen LogP contribution in [0.5, 0.6) is 0 Å². The molecule has 0 radical (unpaired) electrons. The lowest BCUT2D eigenvalue weighted by molar-refractivity contribution is -0.115. The van der Waals surface area contributed by atoms with E-state index in [2.05, 4.69) is 30.1 Å². The summed E-state index contributed by atoms with van der Waals surface area (Å²) in [6, 6.07) is 17.8. The quantitative estimate of drug-likeness (QED) is 0.524. The van der Waals surface area contributed by atoms with Gasteiger partial charge in [-0.2, -0.15) is 0 Å². The topological polar surface area (TPSA) is 58.6 Å². The molecule has 1 fully saturated rings. The number of hydrogen-bond donors (Lipinski definition) is 1. The standard InChI is InChI=1S/C28H30N2O3S/c1-28(2)17-22-25(27(30-11-13-33-14-12-30)34-26(22)23(31)18-28)20-9-6-10-21(16-20)29-24(32)15-19-7-4-3-5-8-19/h3-10,16H,11-15,17-18H2,1-2H3,(H,29,32). The van der Waals surface area contributed by atoms with Crippen molar-refractivity contribution in [3.63, 3.8) is 0 Å². The first kappa shape index (κ1) is 22.8. The fraction of sp³-hybridized carbons (Fsp3) is 0.357. The Morgan fingerprint density at radius 3 is 2.59 bits per heavy atom. The van der Waals surface area contributed by atoms with Gasteiger partial charge in [0.1, 0.15) is 0 Å². The number of hydrogen-bond acceptors (Lipinski definition) is 5. The number of carbonyl (C=O) groups excluding carboxylic acids is 2. The molecule has 2 heterocycles. The van der Waals surface area contributed by atoms with Crippen molar-refractivity contribution >= 4 is 33.7 Å². The number of amides is 1. The maximum absolute atomic E-state index is 13.1. The highest BCUT2D eigenvalue weighted by molar-refractivity contribution is 7.19. The Labute approximate surface area is 204 Å². The third-order valence-electron chi connectivity index (χ3n) is 6.48. The van der Waals surface area contributed by atoms with Crippen LogP contribution in [-0.2, 0) is 22.4 Å². The molecule has 1 amide bonds. The Morgan fingerprint density at radius 2 is 1.82 bits per heavy atom. The van der Waals surface area contributed by atoms with Gasteiger partial charge in [-0.3, -0.25) is 9.59 Å². The van der Waals surface area contributed by atoms with Crippen molar-refractivity contribution < 1.29 is 14.3 Å². The summed E-state index contributed by atoms with van der Waals surface area (Å²) in [6.07, 6.45) is 1.79. The number of nitrogens with zero attached hydrogens (tertiary/aromatic N) is 1. The van der Waals surface area contributed by atoms with Gasteiger partial charge in [-0.1, -0.05) is 56.3 Å². The van der Waals surface area contributed by atoms with E-state index in [1.807, 2.05) is 48.5 Å². The Morgan fingerprint density at radius 1 is 1.06 bits per heavy atom. The Balaban J connectivity index is 1.50. The van der Waals surface area contributed by atoms with Gasteiger partial charge < -0.3 is 15.0 Å². The molecule has 1 aliphatic carbocycles. The van der Waals surface area contributed by atoms with Crippen molar-refractivity contribution in [2.75, 3.05) is 36.5 Å². The van der Waals surface area contributed by atoms with Crippen LogP contribution < -0.4 is 10.2 Å². The summed E-state index contributed by atoms with van der Waals surface area (Å²) in [5, 5.41) is 4.21. The van der Waals surface area contributed by atoms with Gasteiger partial charge in [0.15, 0.2) is 5.78 Å². The molecule has 1 aromatic heterocycles. The van der Waals surface area contributed by atoms with Crippen molar-refractivity contribution in [3.05, 3.63) is 70.6 Å². The van der Waals surface area contributed by atoms with E-state index in [0.717, 1.165) is 57.3 Å². The Bertz CT molecular complexity index is 1210. The number of ether oxygens (including phenoxy) is 1. The molecule has 0 spiro atoms. The molecule has 1 saturated heterocycles. The SMILES string of the molecule is CC1(C)CC(=O)c2sc(N3CCOCC3)c(-c3cccc(NC(=O)Cc4ccccc4)c3)c2C1. The van der Waals surface area contributed by atoms with Crippen molar-refractivity contribution in [2.24, 2.45) is 5.41 Å². The number of morpholine rings is 1. The molecule has 0 saturated carbocycles. The zero-order chi connectivity index (χ0) is 23.7. The molecule has 6 heteroatoms. The number of thiophene rings is 1. The number of Topliss-reactive ketones (excluding diaryl/α,β-unsaturated/α-hetero) is 1. The second-order valence-electron chi connectivity index (χ2n) is 9.92. The van der Waals surface area contributed by atoms with E-state index >= 15 is 0 Å². The molecule has 5 nitrogen and oxygen atoms in total. The minimum atomic E-state index is -0.0658. The predicted molar refractivity (Wildman–Crippen MR) is 138 cm³/mol. The van der Waals surface area contributed by atoms with Gasteiger partial charge in [0, 0.05) is 30.8 Å². The van der Waals surface area contributed by atoms with Crippen molar-refractivity contribution in [1.29, 1.82) is 0 Å². The summed E-state index contributed by atoms with van der Waals surface area (Å²) in [7, 11) is 0. The van der Waals surface area contributed by atoms with Crippen LogP contribution in [0.3, 0.4) is 0 Å². The Kier molecular flexibility index (Phi) is 6.28. The number of anilines is 2. The molecule has 2 aliphatic rings. The second kappa shape index (κ2) is 9.35. The first-order valence-electron chi connectivity index (χ1n) is 11.9. The first-order chi connectivity index (χ1) is 16.4. The lowest BCUT2D eigenvalue weighted by Crippen LogP contribution is -2.36. The van der Waals surface area contributed by atoms with Gasteiger partial charge in [0.2, 0.25) is 5.91 Å². The van der Waals surface area contributed by atoms with E-state index in [1.54, 1.807) is 11.3 Å². The van der Waals surface area contributed by atoms with E-state index < -0.39 is 0 Å². The maximum atomic E-state index is 13.1. The van der Waals surface area contributed by atoms with Crippen LogP contribution >= 0.6 is 11.3 Å². The van der Waals surface area contributed by atoms with Gasteiger partial charge in [-0.15, -0.1) is 11.3 Å². The van der Waals surface area contributed by atoms with E-state index in [1.165, 1.54) is 0 Å². The lowest BCUT2D eigenvalue weighted by Gasteiger charge is -2.30. The normalized spacial score (nSPS) is 17.4. The first-order valence-corrected chi connectivity index (χ1v) is 12.7. The van der Waals surface area contributed by atoms with E-state index in [9.17, 15) is 9.59 Å². The smallest absolute Gasteiger partial charge is 0.228 e. The number of benzene rings is 2. The summed E-state index contributed by atoms with van der Waals surface area (Å²) in [4.78, 5) is 29.0. The highest BCUT2D eigenvalue weighted by Gasteiger charge is 2.37. The van der Waals surface area contributed by atoms with Crippen molar-refractivity contribution in [1.82, 2.24) is 0 Å². The zero-order valence-electron chi connectivity index (χ0n) is 19.7. The van der Waals surface area contributed by atoms with E-state index in [4.69, 9.17) is 4.74 Å². The van der Waals surface area contributed by atoms with E-state index in [0.29, 0.717) is 26.1 Å². The number of rotatable bonds is 5. The monoisotopic (exact) mass is 474 g/mol. The van der Waals surface area contributed by atoms with Crippen LogP contribution in [-0.4, -0.2) is 38.0 Å². The van der Waals surface area contributed by atoms with E-state index in [-0.39, 0.29) is 17.1 Å². The van der Waals surface area contributed by atoms with Gasteiger partial charge in [0.25, 0.3) is 0 Å². The molecule has 3 aromatic rings. The summed E-state index contributed by atoms with van der Waals surface area (Å²) >= 11 is 1.63. The van der Waals surface area contributed by atoms with Gasteiger partial charge in [0.05, 0.1) is 29.5 Å². The summed E-state index contributed by atoms with van der Waals surface area (Å²) in [5.74, 6) is 0.199. The highest BCUT2D eigenvalue weighted by atomic mass is 32.1. The third-order valence-corrected chi connectivity index (χ3v) is 7.81. The van der Waals surface area contributed by atoms with Crippen molar-refractivity contribution in [3.8, 4) is 11.1 Å². The summed E-state index contributed by atoms with van der Waals surface area (Å²) in [6.45, 7) is 7.36. The van der Waals surface area contributed by atoms with Crippen LogP contribution in [0.2, 0.25) is 0 Å². The van der Waals surface area contributed by atoms with Crippen LogP contribution in [0.4, 0.5) is 10.7 Å². The average Bonchev–Trinajstić information content (AvgIpc) is 3.19. The molecular formula is C28H30N2O3S. The van der Waals surface area contributed by atoms with Gasteiger partial charge in [-0.05, 0) is 40.7 Å². The highest BCUT2D eigenvalue weighted by Crippen LogP contribution is 2.49. The minimum Gasteiger partial charge on any atom is -0.378 e. The molecule has 1 N–H and O–H groups in total. The van der Waals surface area contributed by atoms with Crippen molar-refractivity contribution in [2.45, 2.75) is 33.1 Å². The molecule has 34 heavy (non-hydrogen) atoms. The fourth-order valence-electron chi connectivity index (χ4n) is 4.93. The van der Waals surface area contributed by atoms with Crippen LogP contribution in [0.15, 0.2) is 54.6 Å². The Hall–Kier alpha value is -2.96. The number of ketones is 1. The van der Waals surface area contributed by atoms with Crippen LogP contribution in [0.25, 0.3) is 11.1 Å². The molecule has 0 atom stereocenters. The lowest BCUT2D eigenvalue weighted by atomic mass is 9.75. The van der Waals surface area contributed by atoms with Crippen LogP contribution in [0, 0.1) is 5.41 Å². The minimum absolute atomic E-state index is 0.0413. The molecular weight excluding hydrogens is 444 g/mol. The molecule has 176 valence electrons. The second-order valence-corrected chi connectivity index (χ2v) is 10.9. The molecule has 2 aromatic carbocycles. The number of carbonyl (C=O) groups is 2. The average molecular weight is 475 g/mol. The molecule has 0 unspecified atom stereocenters. The number of nitrogens with one attached hydrogen (secondary N) is 1. The maximum Gasteiger partial charge on any atom is 0.228 e. The van der Waals surface area contributed by atoms with Crippen LogP contribution in [0.1, 0.15) is 41.1 Å². The third kappa shape index (κ3) is 4.79. The summed E-state index contributed by atoms with van der Waals surface area (Å²) < 4.78 is 5.58. The molecule has 5 rings (SSSR count). The summed E-state index contributed by atoms with van der Waals surface area (Å²) in [5.41, 5.74) is 5.03.